The number of amides is 1. The number of alkyl halides is 3. The molecule has 1 fully saturated rings. The Morgan fingerprint density at radius 3 is 2.60 bits per heavy atom. The molecule has 0 aromatic heterocycles. The van der Waals surface area contributed by atoms with Crippen LogP contribution in [-0.2, 0) is 9.53 Å². The molecule has 110 valence electrons. The maximum absolute atomic E-state index is 12.0. The van der Waals surface area contributed by atoms with Gasteiger partial charge in [0.1, 0.15) is 11.9 Å². The smallest absolute Gasteiger partial charge is 0.406 e. The Balaban J connectivity index is 1.91. The van der Waals surface area contributed by atoms with Gasteiger partial charge in [0.15, 0.2) is 0 Å². The molecule has 0 spiro atoms. The summed E-state index contributed by atoms with van der Waals surface area (Å²) < 4.78 is 44.9. The van der Waals surface area contributed by atoms with E-state index in [9.17, 15) is 18.0 Å². The summed E-state index contributed by atoms with van der Waals surface area (Å²) in [5.41, 5.74) is 0.374. The molecular formula is C12H13F3N2O3. The SMILES string of the molecule is O=C(Nc1ccc(OC(F)(F)F)cc1)C1CNCCO1. The normalized spacial score (nSPS) is 19.4. The number of anilines is 1. The van der Waals surface area contributed by atoms with Crippen LogP contribution in [0.2, 0.25) is 0 Å². The van der Waals surface area contributed by atoms with Crippen molar-refractivity contribution in [2.45, 2.75) is 12.5 Å². The lowest BCUT2D eigenvalue weighted by Gasteiger charge is -2.22. The third kappa shape index (κ3) is 4.39. The van der Waals surface area contributed by atoms with Crippen molar-refractivity contribution in [3.63, 3.8) is 0 Å². The number of morpholine rings is 1. The molecule has 0 bridgehead atoms. The number of carbonyl (C=O) groups excluding carboxylic acids is 1. The van der Waals surface area contributed by atoms with E-state index < -0.39 is 12.5 Å². The van der Waals surface area contributed by atoms with Crippen molar-refractivity contribution in [2.75, 3.05) is 25.0 Å². The van der Waals surface area contributed by atoms with Gasteiger partial charge in [-0.3, -0.25) is 4.79 Å². The molecule has 2 rings (SSSR count). The summed E-state index contributed by atoms with van der Waals surface area (Å²) in [6.07, 6.45) is -5.33. The zero-order valence-corrected chi connectivity index (χ0v) is 10.4. The second kappa shape index (κ2) is 6.10. The minimum atomic E-state index is -4.73. The van der Waals surface area contributed by atoms with Crippen molar-refractivity contribution in [3.05, 3.63) is 24.3 Å². The molecule has 0 radical (unpaired) electrons. The molecule has 1 saturated heterocycles. The van der Waals surface area contributed by atoms with E-state index in [2.05, 4.69) is 15.4 Å². The lowest BCUT2D eigenvalue weighted by molar-refractivity contribution is -0.274. The first-order valence-corrected chi connectivity index (χ1v) is 5.93. The predicted octanol–water partition coefficient (Wildman–Crippen LogP) is 1.51. The molecule has 1 unspecified atom stereocenters. The van der Waals surface area contributed by atoms with Crippen molar-refractivity contribution in [3.8, 4) is 5.75 Å². The minimum absolute atomic E-state index is 0.342. The first-order chi connectivity index (χ1) is 9.44. The molecule has 5 nitrogen and oxygen atoms in total. The molecule has 1 heterocycles. The Bertz CT molecular complexity index is 456. The standard InChI is InChI=1S/C12H13F3N2O3/c13-12(14,15)20-9-3-1-8(2-4-9)17-11(18)10-7-16-5-6-19-10/h1-4,10,16H,5-7H2,(H,17,18). The fourth-order valence-electron chi connectivity index (χ4n) is 1.70. The monoisotopic (exact) mass is 290 g/mol. The summed E-state index contributed by atoms with van der Waals surface area (Å²) in [7, 11) is 0. The number of rotatable bonds is 3. The van der Waals surface area contributed by atoms with Crippen molar-refractivity contribution < 1.29 is 27.4 Å². The van der Waals surface area contributed by atoms with E-state index in [1.165, 1.54) is 12.1 Å². The van der Waals surface area contributed by atoms with E-state index in [0.29, 0.717) is 25.4 Å². The summed E-state index contributed by atoms with van der Waals surface area (Å²) in [6, 6.07) is 4.91. The van der Waals surface area contributed by atoms with Crippen LogP contribution in [0.25, 0.3) is 0 Å². The van der Waals surface area contributed by atoms with Crippen molar-refractivity contribution in [1.82, 2.24) is 5.32 Å². The van der Waals surface area contributed by atoms with E-state index in [0.717, 1.165) is 12.1 Å². The van der Waals surface area contributed by atoms with Crippen molar-refractivity contribution in [2.24, 2.45) is 0 Å². The van der Waals surface area contributed by atoms with Crippen molar-refractivity contribution in [1.29, 1.82) is 0 Å². The summed E-state index contributed by atoms with van der Waals surface area (Å²) in [4.78, 5) is 11.8. The molecule has 1 aromatic rings. The summed E-state index contributed by atoms with van der Waals surface area (Å²) >= 11 is 0. The molecule has 8 heteroatoms. The number of hydrogen-bond donors (Lipinski definition) is 2. The highest BCUT2D eigenvalue weighted by Gasteiger charge is 2.31. The van der Waals surface area contributed by atoms with Crippen LogP contribution >= 0.6 is 0 Å². The highest BCUT2D eigenvalue weighted by atomic mass is 19.4. The van der Waals surface area contributed by atoms with Crippen LogP contribution in [0.4, 0.5) is 18.9 Å². The highest BCUT2D eigenvalue weighted by Crippen LogP contribution is 2.24. The molecule has 0 aliphatic carbocycles. The molecule has 1 aromatic carbocycles. The quantitative estimate of drug-likeness (QED) is 0.886. The van der Waals surface area contributed by atoms with E-state index >= 15 is 0 Å². The Hall–Kier alpha value is -1.80. The predicted molar refractivity (Wildman–Crippen MR) is 64.4 cm³/mol. The van der Waals surface area contributed by atoms with Gasteiger partial charge >= 0.3 is 6.36 Å². The molecule has 0 saturated carbocycles. The van der Waals surface area contributed by atoms with Gasteiger partial charge in [0.05, 0.1) is 6.61 Å². The fraction of sp³-hybridized carbons (Fsp3) is 0.417. The van der Waals surface area contributed by atoms with Gasteiger partial charge in [-0.2, -0.15) is 0 Å². The lowest BCUT2D eigenvalue weighted by Crippen LogP contribution is -2.45. The van der Waals surface area contributed by atoms with Gasteiger partial charge in [-0.1, -0.05) is 0 Å². The maximum Gasteiger partial charge on any atom is 0.573 e. The van der Waals surface area contributed by atoms with E-state index in [-0.39, 0.29) is 11.7 Å². The zero-order valence-electron chi connectivity index (χ0n) is 10.4. The molecule has 20 heavy (non-hydrogen) atoms. The number of hydrogen-bond acceptors (Lipinski definition) is 4. The van der Waals surface area contributed by atoms with Crippen LogP contribution < -0.4 is 15.4 Å². The zero-order chi connectivity index (χ0) is 14.6. The van der Waals surface area contributed by atoms with Crippen molar-refractivity contribution >= 4 is 11.6 Å². The molecular weight excluding hydrogens is 277 g/mol. The first-order valence-electron chi connectivity index (χ1n) is 5.93. The Morgan fingerprint density at radius 1 is 1.35 bits per heavy atom. The van der Waals surface area contributed by atoms with Crippen LogP contribution in [0.1, 0.15) is 0 Å². The number of ether oxygens (including phenoxy) is 2. The van der Waals surface area contributed by atoms with Gasteiger partial charge in [0, 0.05) is 18.8 Å². The molecule has 1 aliphatic rings. The largest absolute Gasteiger partial charge is 0.573 e. The Morgan fingerprint density at radius 2 is 2.05 bits per heavy atom. The number of carbonyl (C=O) groups is 1. The summed E-state index contributed by atoms with van der Waals surface area (Å²) in [6.45, 7) is 1.53. The number of nitrogens with one attached hydrogen (secondary N) is 2. The van der Waals surface area contributed by atoms with Gasteiger partial charge < -0.3 is 20.1 Å². The number of benzene rings is 1. The maximum atomic E-state index is 12.0. The van der Waals surface area contributed by atoms with Crippen LogP contribution in [0.5, 0.6) is 5.75 Å². The van der Waals surface area contributed by atoms with E-state index in [1.807, 2.05) is 0 Å². The topological polar surface area (TPSA) is 59.6 Å². The molecule has 1 amide bonds. The van der Waals surface area contributed by atoms with Gasteiger partial charge in [-0.25, -0.2) is 0 Å². The van der Waals surface area contributed by atoms with Gasteiger partial charge in [0.25, 0.3) is 5.91 Å². The Labute approximate surface area is 113 Å². The van der Waals surface area contributed by atoms with Crippen LogP contribution in [0.3, 0.4) is 0 Å². The molecule has 1 aliphatic heterocycles. The fourth-order valence-corrected chi connectivity index (χ4v) is 1.70. The number of halogens is 3. The van der Waals surface area contributed by atoms with Gasteiger partial charge in [-0.15, -0.1) is 13.2 Å². The molecule has 2 N–H and O–H groups in total. The van der Waals surface area contributed by atoms with Gasteiger partial charge in [0.2, 0.25) is 0 Å². The summed E-state index contributed by atoms with van der Waals surface area (Å²) in [5.74, 6) is -0.687. The van der Waals surface area contributed by atoms with E-state index in [1.54, 1.807) is 0 Å². The average molecular weight is 290 g/mol. The first kappa shape index (κ1) is 14.6. The highest BCUT2D eigenvalue weighted by molar-refractivity contribution is 5.94. The second-order valence-electron chi connectivity index (χ2n) is 4.12. The third-order valence-electron chi connectivity index (χ3n) is 2.58. The van der Waals surface area contributed by atoms with Crippen LogP contribution in [0.15, 0.2) is 24.3 Å². The van der Waals surface area contributed by atoms with Crippen LogP contribution in [-0.4, -0.2) is 38.1 Å². The summed E-state index contributed by atoms with van der Waals surface area (Å²) in [5, 5.41) is 5.57. The second-order valence-corrected chi connectivity index (χ2v) is 4.12. The average Bonchev–Trinajstić information content (AvgIpc) is 2.40. The van der Waals surface area contributed by atoms with Crippen LogP contribution in [0, 0.1) is 0 Å². The third-order valence-corrected chi connectivity index (χ3v) is 2.58. The molecule has 1 atom stereocenters. The minimum Gasteiger partial charge on any atom is -0.406 e. The van der Waals surface area contributed by atoms with E-state index in [4.69, 9.17) is 4.74 Å². The van der Waals surface area contributed by atoms with Gasteiger partial charge in [-0.05, 0) is 24.3 Å². The Kier molecular flexibility index (Phi) is 4.46. The lowest BCUT2D eigenvalue weighted by atomic mass is 10.2.